The van der Waals surface area contributed by atoms with Crippen LogP contribution >= 0.6 is 0 Å². The van der Waals surface area contributed by atoms with Gasteiger partial charge in [-0.2, -0.15) is 0 Å². The number of aliphatic hydroxyl groups is 1. The molecule has 2 fully saturated rings. The maximum Gasteiger partial charge on any atom is 0.334 e. The highest BCUT2D eigenvalue weighted by molar-refractivity contribution is 5.77. The lowest BCUT2D eigenvalue weighted by molar-refractivity contribution is -0.146. The minimum atomic E-state index is -1.56. The average Bonchev–Trinajstić information content (AvgIpc) is 2.64. The molecule has 7 heteroatoms. The quantitative estimate of drug-likeness (QED) is 0.591. The predicted octanol–water partition coefficient (Wildman–Crippen LogP) is -0.995. The highest BCUT2D eigenvalue weighted by Gasteiger charge is 2.35. The number of morpholine rings is 1. The van der Waals surface area contributed by atoms with Crippen LogP contribution in [0.1, 0.15) is 12.8 Å². The van der Waals surface area contributed by atoms with Crippen LogP contribution < -0.4 is 5.32 Å². The van der Waals surface area contributed by atoms with E-state index in [0.29, 0.717) is 13.1 Å². The largest absolute Gasteiger partial charge is 0.479 e. The number of amides is 2. The third-order valence-electron chi connectivity index (χ3n) is 3.06. The fraction of sp³-hybridized carbons (Fsp3) is 0.800. The Morgan fingerprint density at radius 1 is 1.35 bits per heavy atom. The highest BCUT2D eigenvalue weighted by atomic mass is 16.5. The molecular formula is C10H16N2O5. The van der Waals surface area contributed by atoms with E-state index in [9.17, 15) is 9.59 Å². The third kappa shape index (κ3) is 2.86. The molecule has 3 atom stereocenters. The number of nitrogens with one attached hydrogen (secondary N) is 1. The molecule has 0 radical (unpaired) electrons. The fourth-order valence-corrected chi connectivity index (χ4v) is 2.16. The van der Waals surface area contributed by atoms with Crippen LogP contribution in [-0.2, 0) is 9.53 Å². The van der Waals surface area contributed by atoms with Crippen molar-refractivity contribution in [1.82, 2.24) is 10.2 Å². The second-order valence-corrected chi connectivity index (χ2v) is 4.40. The Morgan fingerprint density at radius 3 is 2.47 bits per heavy atom. The molecule has 2 bridgehead atoms. The topological polar surface area (TPSA) is 99.1 Å². The zero-order valence-electron chi connectivity index (χ0n) is 9.33. The maximum atomic E-state index is 11.7. The first kappa shape index (κ1) is 12.1. The van der Waals surface area contributed by atoms with E-state index in [-0.39, 0.29) is 24.8 Å². The number of rotatable bonds is 3. The van der Waals surface area contributed by atoms with E-state index >= 15 is 0 Å². The summed E-state index contributed by atoms with van der Waals surface area (Å²) in [6.45, 7) is 0.790. The molecule has 2 aliphatic heterocycles. The number of carbonyl (C=O) groups excluding carboxylic acids is 1. The summed E-state index contributed by atoms with van der Waals surface area (Å²) in [6.07, 6.45) is 0.572. The number of aliphatic hydroxyl groups excluding tert-OH is 1. The van der Waals surface area contributed by atoms with Crippen molar-refractivity contribution in [2.24, 2.45) is 0 Å². The molecule has 2 heterocycles. The Balaban J connectivity index is 1.78. The number of aliphatic carboxylic acids is 1. The minimum Gasteiger partial charge on any atom is -0.479 e. The molecule has 96 valence electrons. The van der Waals surface area contributed by atoms with Crippen LogP contribution in [0, 0.1) is 0 Å². The molecular weight excluding hydrogens is 228 g/mol. The van der Waals surface area contributed by atoms with Gasteiger partial charge in [0.2, 0.25) is 0 Å². The van der Waals surface area contributed by atoms with E-state index in [1.807, 2.05) is 0 Å². The van der Waals surface area contributed by atoms with Gasteiger partial charge in [-0.05, 0) is 12.8 Å². The number of urea groups is 1. The summed E-state index contributed by atoms with van der Waals surface area (Å²) in [6, 6.07) is -0.342. The van der Waals surface area contributed by atoms with Crippen molar-refractivity contribution in [3.8, 4) is 0 Å². The van der Waals surface area contributed by atoms with Gasteiger partial charge < -0.3 is 25.2 Å². The zero-order chi connectivity index (χ0) is 12.4. The van der Waals surface area contributed by atoms with Crippen LogP contribution in [0.5, 0.6) is 0 Å². The lowest BCUT2D eigenvalue weighted by atomic mass is 10.2. The number of fused-ring (bicyclic) bond motifs is 2. The van der Waals surface area contributed by atoms with Crippen molar-refractivity contribution in [1.29, 1.82) is 0 Å². The third-order valence-corrected chi connectivity index (χ3v) is 3.06. The Bertz CT molecular complexity index is 310. The number of carbonyl (C=O) groups is 2. The molecule has 0 saturated carbocycles. The second kappa shape index (κ2) is 4.89. The molecule has 0 aromatic rings. The Hall–Kier alpha value is -1.34. The van der Waals surface area contributed by atoms with Crippen molar-refractivity contribution in [2.45, 2.75) is 31.2 Å². The highest BCUT2D eigenvalue weighted by Crippen LogP contribution is 2.25. The van der Waals surface area contributed by atoms with Gasteiger partial charge in [-0.3, -0.25) is 0 Å². The maximum absolute atomic E-state index is 11.7. The van der Waals surface area contributed by atoms with Crippen LogP contribution in [0.15, 0.2) is 0 Å². The first-order chi connectivity index (χ1) is 8.06. The van der Waals surface area contributed by atoms with Gasteiger partial charge in [-0.25, -0.2) is 9.59 Å². The SMILES string of the molecule is O=C(O)[C@@H](O)CNC(=O)N1CC2CCC(C1)O2. The van der Waals surface area contributed by atoms with Crippen LogP contribution in [0.3, 0.4) is 0 Å². The van der Waals surface area contributed by atoms with Crippen molar-refractivity contribution in [2.75, 3.05) is 19.6 Å². The van der Waals surface area contributed by atoms with Gasteiger partial charge in [0.05, 0.1) is 18.8 Å². The number of carboxylic acid groups (broad SMARTS) is 1. The lowest BCUT2D eigenvalue weighted by Gasteiger charge is -2.32. The summed E-state index contributed by atoms with van der Waals surface area (Å²) in [5.41, 5.74) is 0. The molecule has 7 nitrogen and oxygen atoms in total. The van der Waals surface area contributed by atoms with Gasteiger partial charge in [0.15, 0.2) is 6.10 Å². The number of nitrogens with zero attached hydrogens (tertiary/aromatic N) is 1. The molecule has 17 heavy (non-hydrogen) atoms. The van der Waals surface area contributed by atoms with E-state index in [0.717, 1.165) is 12.8 Å². The van der Waals surface area contributed by atoms with Crippen LogP contribution in [-0.4, -0.2) is 65.1 Å². The van der Waals surface area contributed by atoms with Gasteiger partial charge in [-0.1, -0.05) is 0 Å². The zero-order valence-corrected chi connectivity index (χ0v) is 9.33. The Kier molecular flexibility index (Phi) is 3.49. The number of ether oxygens (including phenoxy) is 1. The molecule has 0 aromatic heterocycles. The number of carboxylic acids is 1. The first-order valence-electron chi connectivity index (χ1n) is 5.65. The fourth-order valence-electron chi connectivity index (χ4n) is 2.16. The van der Waals surface area contributed by atoms with Crippen LogP contribution in [0.2, 0.25) is 0 Å². The molecule has 2 saturated heterocycles. The molecule has 0 spiro atoms. The van der Waals surface area contributed by atoms with Crippen molar-refractivity contribution >= 4 is 12.0 Å². The Morgan fingerprint density at radius 2 is 1.94 bits per heavy atom. The normalized spacial score (nSPS) is 28.9. The van der Waals surface area contributed by atoms with Crippen LogP contribution in [0.4, 0.5) is 4.79 Å². The molecule has 2 rings (SSSR count). The van der Waals surface area contributed by atoms with Gasteiger partial charge in [-0.15, -0.1) is 0 Å². The standard InChI is InChI=1S/C10H16N2O5/c13-8(9(14)15)3-11-10(16)12-4-6-1-2-7(5-12)17-6/h6-8,13H,1-5H2,(H,11,16)(H,14,15)/t6?,7?,8-/m0/s1. The summed E-state index contributed by atoms with van der Waals surface area (Å²) in [7, 11) is 0. The Labute approximate surface area is 98.3 Å². The summed E-state index contributed by atoms with van der Waals surface area (Å²) < 4.78 is 5.58. The van der Waals surface area contributed by atoms with Crippen molar-refractivity contribution < 1.29 is 24.5 Å². The minimum absolute atomic E-state index is 0.101. The van der Waals surface area contributed by atoms with E-state index in [1.54, 1.807) is 4.90 Å². The number of hydrogen-bond acceptors (Lipinski definition) is 4. The average molecular weight is 244 g/mol. The second-order valence-electron chi connectivity index (χ2n) is 4.40. The van der Waals surface area contributed by atoms with E-state index < -0.39 is 12.1 Å². The molecule has 2 amide bonds. The first-order valence-corrected chi connectivity index (χ1v) is 5.65. The van der Waals surface area contributed by atoms with Gasteiger partial charge in [0.25, 0.3) is 0 Å². The summed E-state index contributed by atoms with van der Waals surface area (Å²) in [5, 5.41) is 19.9. The molecule has 2 aliphatic rings. The molecule has 3 N–H and O–H groups in total. The van der Waals surface area contributed by atoms with Gasteiger partial charge >= 0.3 is 12.0 Å². The molecule has 0 aliphatic carbocycles. The monoisotopic (exact) mass is 244 g/mol. The van der Waals surface area contributed by atoms with Crippen molar-refractivity contribution in [3.63, 3.8) is 0 Å². The summed E-state index contributed by atoms with van der Waals surface area (Å²) >= 11 is 0. The van der Waals surface area contributed by atoms with E-state index in [2.05, 4.69) is 5.32 Å². The summed E-state index contributed by atoms with van der Waals surface area (Å²) in [5.74, 6) is -1.34. The molecule has 0 aromatic carbocycles. The van der Waals surface area contributed by atoms with E-state index in [1.165, 1.54) is 0 Å². The van der Waals surface area contributed by atoms with E-state index in [4.69, 9.17) is 14.9 Å². The number of likely N-dealkylation sites (tertiary alicyclic amines) is 1. The molecule has 2 unspecified atom stereocenters. The predicted molar refractivity (Wildman–Crippen MR) is 56.5 cm³/mol. The lowest BCUT2D eigenvalue weighted by Crippen LogP contribution is -2.51. The van der Waals surface area contributed by atoms with Gasteiger partial charge in [0, 0.05) is 13.1 Å². The summed E-state index contributed by atoms with van der Waals surface area (Å²) in [4.78, 5) is 23.7. The van der Waals surface area contributed by atoms with Crippen LogP contribution in [0.25, 0.3) is 0 Å². The van der Waals surface area contributed by atoms with Gasteiger partial charge in [0.1, 0.15) is 0 Å². The number of hydrogen-bond donors (Lipinski definition) is 3. The smallest absolute Gasteiger partial charge is 0.334 e. The van der Waals surface area contributed by atoms with Crippen molar-refractivity contribution in [3.05, 3.63) is 0 Å².